The molecule has 1 aromatic rings. The Kier molecular flexibility index (Phi) is 5.07. The van der Waals surface area contributed by atoms with Gasteiger partial charge in [-0.05, 0) is 31.9 Å². The molecule has 2 N–H and O–H groups in total. The molecule has 0 radical (unpaired) electrons. The van der Waals surface area contributed by atoms with Gasteiger partial charge >= 0.3 is 0 Å². The molecule has 5 heteroatoms. The van der Waals surface area contributed by atoms with Crippen molar-refractivity contribution in [2.75, 3.05) is 32.1 Å². The molecule has 0 spiro atoms. The fraction of sp³-hybridized carbons (Fsp3) is 0.562. The van der Waals surface area contributed by atoms with Gasteiger partial charge in [0.2, 0.25) is 5.91 Å². The number of piperidine rings is 1. The van der Waals surface area contributed by atoms with Crippen molar-refractivity contribution in [1.82, 2.24) is 5.32 Å². The Morgan fingerprint density at radius 1 is 1.43 bits per heavy atom. The van der Waals surface area contributed by atoms with E-state index in [1.165, 1.54) is 0 Å². The molecule has 1 fully saturated rings. The molecule has 0 bridgehead atoms. The fourth-order valence-corrected chi connectivity index (χ4v) is 2.99. The maximum atomic E-state index is 11.7. The number of carbonyl (C=O) groups excluding carboxylic acids is 1. The average Bonchev–Trinajstić information content (AvgIpc) is 2.53. The standard InChI is InChI=1S/C16H24N2O3/c1-11(19)15-13(5-4-6-14(15)21-3)18-9-7-12(8-10-18)16(20)17-2/h4-6,11-12,19H,7-10H2,1-3H3,(H,17,20)/t11-/m1/s1. The minimum atomic E-state index is -0.590. The number of methoxy groups -OCH3 is 1. The summed E-state index contributed by atoms with van der Waals surface area (Å²) in [6.45, 7) is 3.37. The monoisotopic (exact) mass is 292 g/mol. The van der Waals surface area contributed by atoms with Crippen molar-refractivity contribution in [3.8, 4) is 5.75 Å². The summed E-state index contributed by atoms with van der Waals surface area (Å²) in [5, 5.41) is 12.8. The molecule has 1 saturated heterocycles. The van der Waals surface area contributed by atoms with Crippen LogP contribution in [0.5, 0.6) is 5.75 Å². The van der Waals surface area contributed by atoms with Crippen molar-refractivity contribution < 1.29 is 14.6 Å². The second kappa shape index (κ2) is 6.80. The molecule has 0 aliphatic carbocycles. The Labute approximate surface area is 125 Å². The Bertz CT molecular complexity index is 494. The van der Waals surface area contributed by atoms with Crippen LogP contribution in [0.25, 0.3) is 0 Å². The largest absolute Gasteiger partial charge is 0.496 e. The van der Waals surface area contributed by atoms with Gasteiger partial charge in [-0.1, -0.05) is 6.07 Å². The highest BCUT2D eigenvalue weighted by atomic mass is 16.5. The van der Waals surface area contributed by atoms with Crippen LogP contribution in [0.2, 0.25) is 0 Å². The number of hydrogen-bond acceptors (Lipinski definition) is 4. The predicted octanol–water partition coefficient (Wildman–Crippen LogP) is 1.71. The van der Waals surface area contributed by atoms with Crippen molar-refractivity contribution in [2.24, 2.45) is 5.92 Å². The van der Waals surface area contributed by atoms with E-state index in [4.69, 9.17) is 4.74 Å². The van der Waals surface area contributed by atoms with Crippen molar-refractivity contribution in [1.29, 1.82) is 0 Å². The number of carbonyl (C=O) groups is 1. The van der Waals surface area contributed by atoms with Gasteiger partial charge in [0.1, 0.15) is 5.75 Å². The summed E-state index contributed by atoms with van der Waals surface area (Å²) < 4.78 is 5.36. The number of rotatable bonds is 4. The van der Waals surface area contributed by atoms with Crippen LogP contribution in [0.4, 0.5) is 5.69 Å². The van der Waals surface area contributed by atoms with Crippen molar-refractivity contribution in [2.45, 2.75) is 25.9 Å². The number of aliphatic hydroxyl groups excluding tert-OH is 1. The third-order valence-electron chi connectivity index (χ3n) is 4.13. The highest BCUT2D eigenvalue weighted by molar-refractivity contribution is 5.78. The number of hydrogen-bond donors (Lipinski definition) is 2. The van der Waals surface area contributed by atoms with Crippen LogP contribution < -0.4 is 15.0 Å². The first-order chi connectivity index (χ1) is 10.1. The number of anilines is 1. The zero-order chi connectivity index (χ0) is 15.4. The first-order valence-corrected chi connectivity index (χ1v) is 7.40. The van der Waals surface area contributed by atoms with Gasteiger partial charge < -0.3 is 20.1 Å². The molecule has 5 nitrogen and oxygen atoms in total. The molecule has 2 rings (SSSR count). The minimum Gasteiger partial charge on any atom is -0.496 e. The smallest absolute Gasteiger partial charge is 0.222 e. The van der Waals surface area contributed by atoms with E-state index in [-0.39, 0.29) is 11.8 Å². The Hall–Kier alpha value is -1.75. The van der Waals surface area contributed by atoms with Crippen LogP contribution in [-0.2, 0) is 4.79 Å². The third-order valence-corrected chi connectivity index (χ3v) is 4.13. The van der Waals surface area contributed by atoms with Gasteiger partial charge in [0.05, 0.1) is 13.2 Å². The summed E-state index contributed by atoms with van der Waals surface area (Å²) in [7, 11) is 3.30. The quantitative estimate of drug-likeness (QED) is 0.887. The second-order valence-corrected chi connectivity index (χ2v) is 5.44. The minimum absolute atomic E-state index is 0.0897. The molecule has 1 atom stereocenters. The van der Waals surface area contributed by atoms with E-state index in [0.717, 1.165) is 37.2 Å². The lowest BCUT2D eigenvalue weighted by molar-refractivity contribution is -0.125. The van der Waals surface area contributed by atoms with E-state index in [9.17, 15) is 9.90 Å². The Balaban J connectivity index is 2.19. The van der Waals surface area contributed by atoms with Crippen LogP contribution in [0.15, 0.2) is 18.2 Å². The molecule has 21 heavy (non-hydrogen) atoms. The zero-order valence-corrected chi connectivity index (χ0v) is 12.9. The predicted molar refractivity (Wildman–Crippen MR) is 82.6 cm³/mol. The molecule has 0 unspecified atom stereocenters. The molecule has 1 aliphatic heterocycles. The summed E-state index contributed by atoms with van der Waals surface area (Å²) in [6, 6.07) is 5.80. The number of nitrogens with one attached hydrogen (secondary N) is 1. The van der Waals surface area contributed by atoms with E-state index < -0.39 is 6.10 Å². The van der Waals surface area contributed by atoms with Gasteiger partial charge in [-0.15, -0.1) is 0 Å². The number of ether oxygens (including phenoxy) is 1. The van der Waals surface area contributed by atoms with Gasteiger partial charge in [-0.25, -0.2) is 0 Å². The summed E-state index contributed by atoms with van der Waals surface area (Å²) in [6.07, 6.45) is 1.07. The van der Waals surface area contributed by atoms with E-state index in [2.05, 4.69) is 10.2 Å². The average molecular weight is 292 g/mol. The summed E-state index contributed by atoms with van der Waals surface area (Å²) in [5.41, 5.74) is 1.82. The maximum Gasteiger partial charge on any atom is 0.222 e. The first kappa shape index (κ1) is 15.6. The number of amides is 1. The van der Waals surface area contributed by atoms with E-state index in [1.807, 2.05) is 18.2 Å². The molecule has 1 aromatic carbocycles. The maximum absolute atomic E-state index is 11.7. The molecule has 1 heterocycles. The summed E-state index contributed by atoms with van der Waals surface area (Å²) in [4.78, 5) is 13.9. The number of benzene rings is 1. The summed E-state index contributed by atoms with van der Waals surface area (Å²) in [5.74, 6) is 0.916. The summed E-state index contributed by atoms with van der Waals surface area (Å²) >= 11 is 0. The first-order valence-electron chi connectivity index (χ1n) is 7.40. The van der Waals surface area contributed by atoms with Gasteiger partial charge in [0.25, 0.3) is 0 Å². The fourth-order valence-electron chi connectivity index (χ4n) is 2.99. The second-order valence-electron chi connectivity index (χ2n) is 5.44. The van der Waals surface area contributed by atoms with Crippen LogP contribution in [0, 0.1) is 5.92 Å². The molecule has 0 aromatic heterocycles. The molecule has 116 valence electrons. The van der Waals surface area contributed by atoms with Crippen LogP contribution in [-0.4, -0.2) is 38.3 Å². The molecular formula is C16H24N2O3. The Morgan fingerprint density at radius 3 is 2.62 bits per heavy atom. The van der Waals surface area contributed by atoms with Crippen LogP contribution in [0.1, 0.15) is 31.4 Å². The lowest BCUT2D eigenvalue weighted by Crippen LogP contribution is -2.40. The normalized spacial score (nSPS) is 17.4. The molecular weight excluding hydrogens is 268 g/mol. The number of nitrogens with zero attached hydrogens (tertiary/aromatic N) is 1. The van der Waals surface area contributed by atoms with Crippen LogP contribution >= 0.6 is 0 Å². The molecule has 1 amide bonds. The van der Waals surface area contributed by atoms with Gasteiger partial charge in [-0.2, -0.15) is 0 Å². The molecule has 1 aliphatic rings. The van der Waals surface area contributed by atoms with E-state index in [1.54, 1.807) is 21.1 Å². The SMILES string of the molecule is CNC(=O)C1CCN(c2cccc(OC)c2[C@@H](C)O)CC1. The zero-order valence-electron chi connectivity index (χ0n) is 12.9. The highest BCUT2D eigenvalue weighted by Crippen LogP contribution is 2.36. The van der Waals surface area contributed by atoms with Gasteiger partial charge in [-0.3, -0.25) is 4.79 Å². The topological polar surface area (TPSA) is 61.8 Å². The molecule has 0 saturated carbocycles. The van der Waals surface area contributed by atoms with E-state index >= 15 is 0 Å². The van der Waals surface area contributed by atoms with Crippen molar-refractivity contribution >= 4 is 11.6 Å². The third kappa shape index (κ3) is 3.29. The van der Waals surface area contributed by atoms with Crippen LogP contribution in [0.3, 0.4) is 0 Å². The van der Waals surface area contributed by atoms with E-state index in [0.29, 0.717) is 5.75 Å². The highest BCUT2D eigenvalue weighted by Gasteiger charge is 2.26. The van der Waals surface area contributed by atoms with Gasteiger partial charge in [0.15, 0.2) is 0 Å². The lowest BCUT2D eigenvalue weighted by Gasteiger charge is -2.34. The lowest BCUT2D eigenvalue weighted by atomic mass is 9.94. The number of aliphatic hydroxyl groups is 1. The van der Waals surface area contributed by atoms with Gasteiger partial charge in [0, 0.05) is 37.3 Å². The Morgan fingerprint density at radius 2 is 2.10 bits per heavy atom. The van der Waals surface area contributed by atoms with Crippen molar-refractivity contribution in [3.05, 3.63) is 23.8 Å². The van der Waals surface area contributed by atoms with Crippen molar-refractivity contribution in [3.63, 3.8) is 0 Å².